The van der Waals surface area contributed by atoms with E-state index in [-0.39, 0.29) is 0 Å². The summed E-state index contributed by atoms with van der Waals surface area (Å²) in [5.41, 5.74) is 5.74. The third-order valence-corrected chi connectivity index (χ3v) is 1.96. The molecule has 0 bridgehead atoms. The summed E-state index contributed by atoms with van der Waals surface area (Å²) in [5, 5.41) is 2.02. The van der Waals surface area contributed by atoms with Crippen LogP contribution in [0.25, 0.3) is 0 Å². The minimum atomic E-state index is 0.915. The van der Waals surface area contributed by atoms with Crippen molar-refractivity contribution in [1.82, 2.24) is 10.4 Å². The van der Waals surface area contributed by atoms with Gasteiger partial charge in [0, 0.05) is 18.5 Å². The Balaban J connectivity index is 2.41. The van der Waals surface area contributed by atoms with Crippen molar-refractivity contribution in [2.24, 2.45) is 4.99 Å². The van der Waals surface area contributed by atoms with Gasteiger partial charge in [-0.2, -0.15) is 0 Å². The molecule has 58 valence electrons. The van der Waals surface area contributed by atoms with Crippen LogP contribution in [0.3, 0.4) is 0 Å². The van der Waals surface area contributed by atoms with Gasteiger partial charge >= 0.3 is 0 Å². The molecule has 1 N–H and O–H groups in total. The van der Waals surface area contributed by atoms with Gasteiger partial charge in [0.2, 0.25) is 0 Å². The van der Waals surface area contributed by atoms with E-state index < -0.39 is 0 Å². The lowest BCUT2D eigenvalue weighted by Crippen LogP contribution is -2.30. The molecule has 0 aromatic heterocycles. The van der Waals surface area contributed by atoms with Crippen LogP contribution < -0.4 is 5.43 Å². The highest BCUT2D eigenvalue weighted by atomic mass is 15.6. The molecule has 0 unspecified atom stereocenters. The topological polar surface area (TPSA) is 27.6 Å². The average molecular weight is 149 g/mol. The van der Waals surface area contributed by atoms with E-state index in [2.05, 4.69) is 24.3 Å². The quantitative estimate of drug-likeness (QED) is 0.557. The Bertz CT molecular complexity index is 273. The summed E-state index contributed by atoms with van der Waals surface area (Å²) in [7, 11) is 0. The zero-order chi connectivity index (χ0) is 7.84. The Hall–Kier alpha value is -1.09. The van der Waals surface area contributed by atoms with Crippen molar-refractivity contribution < 1.29 is 0 Å². The molecular formula is C8H11N3. The summed E-state index contributed by atoms with van der Waals surface area (Å²) in [6.07, 6.45) is 3.84. The second-order valence-electron chi connectivity index (χ2n) is 2.86. The van der Waals surface area contributed by atoms with E-state index in [0.29, 0.717) is 0 Å². The molecule has 0 aromatic carbocycles. The first kappa shape index (κ1) is 6.61. The predicted molar refractivity (Wildman–Crippen MR) is 44.8 cm³/mol. The van der Waals surface area contributed by atoms with Crippen LogP contribution >= 0.6 is 0 Å². The first-order valence-corrected chi connectivity index (χ1v) is 3.73. The van der Waals surface area contributed by atoms with E-state index in [0.717, 1.165) is 12.4 Å². The summed E-state index contributed by atoms with van der Waals surface area (Å²) in [5.74, 6) is 1.06. The van der Waals surface area contributed by atoms with E-state index in [1.165, 1.54) is 11.3 Å². The molecule has 2 aliphatic heterocycles. The van der Waals surface area contributed by atoms with E-state index in [1.54, 1.807) is 0 Å². The number of rotatable bonds is 0. The van der Waals surface area contributed by atoms with Gasteiger partial charge in [-0.15, -0.1) is 0 Å². The lowest BCUT2D eigenvalue weighted by atomic mass is 10.3. The number of nitrogens with one attached hydrogen (secondary N) is 1. The Morgan fingerprint density at radius 2 is 2.36 bits per heavy atom. The number of aliphatic imine (C=N–C) groups is 1. The van der Waals surface area contributed by atoms with Crippen LogP contribution in [-0.2, 0) is 0 Å². The fraction of sp³-hybridized carbons (Fsp3) is 0.375. The largest absolute Gasteiger partial charge is 0.264 e. The Labute approximate surface area is 66.1 Å². The fourth-order valence-electron chi connectivity index (χ4n) is 1.29. The highest BCUT2D eigenvalue weighted by Gasteiger charge is 2.21. The first-order valence-electron chi connectivity index (χ1n) is 3.73. The Morgan fingerprint density at radius 3 is 3.09 bits per heavy atom. The lowest BCUT2D eigenvalue weighted by Gasteiger charge is -2.22. The predicted octanol–water partition coefficient (Wildman–Crippen LogP) is 1.03. The highest BCUT2D eigenvalue weighted by Crippen LogP contribution is 2.22. The van der Waals surface area contributed by atoms with Crippen molar-refractivity contribution in [3.05, 3.63) is 23.2 Å². The van der Waals surface area contributed by atoms with Crippen LogP contribution in [-0.4, -0.2) is 17.8 Å². The molecule has 0 saturated carbocycles. The monoisotopic (exact) mass is 149 g/mol. The summed E-state index contributed by atoms with van der Waals surface area (Å²) < 4.78 is 0. The van der Waals surface area contributed by atoms with Crippen LogP contribution in [0.1, 0.15) is 13.8 Å². The number of hydrazine groups is 1. The van der Waals surface area contributed by atoms with Gasteiger partial charge in [-0.1, -0.05) is 0 Å². The third kappa shape index (κ3) is 0.886. The molecule has 0 saturated heterocycles. The minimum absolute atomic E-state index is 0.915. The molecular weight excluding hydrogens is 138 g/mol. The molecule has 2 rings (SSSR count). The molecule has 0 atom stereocenters. The molecule has 0 radical (unpaired) electrons. The zero-order valence-corrected chi connectivity index (χ0v) is 6.76. The average Bonchev–Trinajstić information content (AvgIpc) is 2.35. The van der Waals surface area contributed by atoms with Crippen LogP contribution in [0.2, 0.25) is 0 Å². The van der Waals surface area contributed by atoms with Gasteiger partial charge in [0.1, 0.15) is 5.82 Å². The molecule has 3 nitrogen and oxygen atoms in total. The minimum Gasteiger partial charge on any atom is -0.264 e. The van der Waals surface area contributed by atoms with Gasteiger partial charge in [0.05, 0.1) is 0 Å². The lowest BCUT2D eigenvalue weighted by molar-refractivity contribution is 0.351. The second kappa shape index (κ2) is 2.20. The molecule has 0 fully saturated rings. The van der Waals surface area contributed by atoms with Crippen molar-refractivity contribution in [1.29, 1.82) is 0 Å². The third-order valence-electron chi connectivity index (χ3n) is 1.96. The number of hydrogen-bond acceptors (Lipinski definition) is 3. The molecule has 0 aliphatic carbocycles. The molecule has 11 heavy (non-hydrogen) atoms. The maximum absolute atomic E-state index is 4.26. The van der Waals surface area contributed by atoms with Crippen LogP contribution in [0.5, 0.6) is 0 Å². The highest BCUT2D eigenvalue weighted by molar-refractivity contribution is 5.74. The SMILES string of the molecule is CC1=CC=NC2=C(C)CNN12. The van der Waals surface area contributed by atoms with E-state index in [4.69, 9.17) is 0 Å². The van der Waals surface area contributed by atoms with Gasteiger partial charge in [-0.3, -0.25) is 5.01 Å². The van der Waals surface area contributed by atoms with E-state index >= 15 is 0 Å². The first-order chi connectivity index (χ1) is 5.29. The van der Waals surface area contributed by atoms with Crippen molar-refractivity contribution in [2.75, 3.05) is 6.54 Å². The number of allylic oxidation sites excluding steroid dienone is 2. The molecule has 0 spiro atoms. The molecule has 3 heteroatoms. The Kier molecular flexibility index (Phi) is 1.32. The maximum atomic E-state index is 4.26. The summed E-state index contributed by atoms with van der Waals surface area (Å²) in [6.45, 7) is 5.08. The zero-order valence-electron chi connectivity index (χ0n) is 6.76. The molecule has 2 aliphatic rings. The van der Waals surface area contributed by atoms with Gasteiger partial charge in [-0.25, -0.2) is 10.4 Å². The van der Waals surface area contributed by atoms with Crippen molar-refractivity contribution in [3.63, 3.8) is 0 Å². The standard InChI is InChI=1S/C8H11N3/c1-6-5-10-11-7(2)3-4-9-8(6)11/h3-4,10H,5H2,1-2H3. The molecule has 0 amide bonds. The summed E-state index contributed by atoms with van der Waals surface area (Å²) in [4.78, 5) is 4.26. The Morgan fingerprint density at radius 1 is 1.55 bits per heavy atom. The number of nitrogens with zero attached hydrogens (tertiary/aromatic N) is 2. The van der Waals surface area contributed by atoms with Gasteiger partial charge in [-0.05, 0) is 25.5 Å². The maximum Gasteiger partial charge on any atom is 0.147 e. The normalized spacial score (nSPS) is 22.4. The van der Waals surface area contributed by atoms with E-state index in [1.807, 2.05) is 17.3 Å². The van der Waals surface area contributed by atoms with E-state index in [9.17, 15) is 0 Å². The van der Waals surface area contributed by atoms with Gasteiger partial charge < -0.3 is 0 Å². The van der Waals surface area contributed by atoms with Gasteiger partial charge in [0.15, 0.2) is 0 Å². The smallest absolute Gasteiger partial charge is 0.147 e. The molecule has 2 heterocycles. The fourth-order valence-corrected chi connectivity index (χ4v) is 1.29. The van der Waals surface area contributed by atoms with Crippen molar-refractivity contribution in [2.45, 2.75) is 13.8 Å². The van der Waals surface area contributed by atoms with Crippen LogP contribution in [0, 0.1) is 0 Å². The van der Waals surface area contributed by atoms with Crippen LogP contribution in [0.15, 0.2) is 28.2 Å². The summed E-state index contributed by atoms with van der Waals surface area (Å²) >= 11 is 0. The van der Waals surface area contributed by atoms with Gasteiger partial charge in [0.25, 0.3) is 0 Å². The van der Waals surface area contributed by atoms with Crippen molar-refractivity contribution >= 4 is 6.21 Å². The second-order valence-corrected chi connectivity index (χ2v) is 2.86. The van der Waals surface area contributed by atoms with Crippen LogP contribution in [0.4, 0.5) is 0 Å². The molecule has 0 aromatic rings. The van der Waals surface area contributed by atoms with Crippen molar-refractivity contribution in [3.8, 4) is 0 Å². The number of fused-ring (bicyclic) bond motifs is 1. The number of hydrogen-bond donors (Lipinski definition) is 1. The summed E-state index contributed by atoms with van der Waals surface area (Å²) in [6, 6.07) is 0.